The molecular formula is C15H23N. The molecule has 0 aromatic heterocycles. The highest BCUT2D eigenvalue weighted by molar-refractivity contribution is 5.57. The maximum atomic E-state index is 3.77. The van der Waals surface area contributed by atoms with Gasteiger partial charge in [0.25, 0.3) is 0 Å². The fourth-order valence-corrected chi connectivity index (χ4v) is 2.68. The molecule has 1 aromatic rings. The molecule has 88 valence electrons. The molecule has 16 heavy (non-hydrogen) atoms. The lowest BCUT2D eigenvalue weighted by molar-refractivity contribution is 0.462. The molecule has 1 nitrogen and oxygen atoms in total. The first-order chi connectivity index (χ1) is 7.81. The van der Waals surface area contributed by atoms with Crippen molar-refractivity contribution in [1.82, 2.24) is 0 Å². The van der Waals surface area contributed by atoms with Crippen LogP contribution in [0.1, 0.15) is 50.2 Å². The molecule has 1 fully saturated rings. The largest absolute Gasteiger partial charge is 0.382 e. The Morgan fingerprint density at radius 2 is 1.94 bits per heavy atom. The van der Waals surface area contributed by atoms with Gasteiger partial charge >= 0.3 is 0 Å². The number of anilines is 1. The Balaban J connectivity index is 2.12. The third-order valence-electron chi connectivity index (χ3n) is 3.69. The van der Waals surface area contributed by atoms with E-state index in [-0.39, 0.29) is 0 Å². The molecule has 0 heterocycles. The molecule has 1 aliphatic carbocycles. The SMILES string of the molecule is CCc1cccc(C)c1NC1CCCCC1. The summed E-state index contributed by atoms with van der Waals surface area (Å²) in [6.45, 7) is 4.45. The number of benzene rings is 1. The summed E-state index contributed by atoms with van der Waals surface area (Å²) in [5, 5.41) is 3.77. The number of aryl methyl sites for hydroxylation is 2. The predicted octanol–water partition coefficient (Wildman–Crippen LogP) is 4.30. The quantitative estimate of drug-likeness (QED) is 0.796. The molecule has 0 spiro atoms. The Bertz CT molecular complexity index is 337. The third-order valence-corrected chi connectivity index (χ3v) is 3.69. The van der Waals surface area contributed by atoms with Crippen LogP contribution in [0, 0.1) is 6.92 Å². The Kier molecular flexibility index (Phi) is 3.87. The van der Waals surface area contributed by atoms with E-state index in [1.807, 2.05) is 0 Å². The van der Waals surface area contributed by atoms with Crippen molar-refractivity contribution in [3.8, 4) is 0 Å². The molecule has 0 radical (unpaired) electrons. The van der Waals surface area contributed by atoms with Crippen LogP contribution >= 0.6 is 0 Å². The molecule has 1 saturated carbocycles. The summed E-state index contributed by atoms with van der Waals surface area (Å²) in [4.78, 5) is 0. The monoisotopic (exact) mass is 217 g/mol. The number of rotatable bonds is 3. The number of hydrogen-bond donors (Lipinski definition) is 1. The Morgan fingerprint density at radius 1 is 1.19 bits per heavy atom. The maximum absolute atomic E-state index is 3.77. The van der Waals surface area contributed by atoms with Crippen molar-refractivity contribution in [1.29, 1.82) is 0 Å². The summed E-state index contributed by atoms with van der Waals surface area (Å²) < 4.78 is 0. The second kappa shape index (κ2) is 5.38. The van der Waals surface area contributed by atoms with E-state index in [4.69, 9.17) is 0 Å². The number of para-hydroxylation sites is 1. The van der Waals surface area contributed by atoms with Crippen molar-refractivity contribution in [3.63, 3.8) is 0 Å². The van der Waals surface area contributed by atoms with Crippen LogP contribution in [0.5, 0.6) is 0 Å². The van der Waals surface area contributed by atoms with E-state index in [0.717, 1.165) is 6.42 Å². The van der Waals surface area contributed by atoms with Crippen molar-refractivity contribution >= 4 is 5.69 Å². The van der Waals surface area contributed by atoms with Gasteiger partial charge in [-0.25, -0.2) is 0 Å². The highest BCUT2D eigenvalue weighted by Crippen LogP contribution is 2.26. The second-order valence-corrected chi connectivity index (χ2v) is 4.94. The van der Waals surface area contributed by atoms with Crippen LogP contribution in [0.15, 0.2) is 18.2 Å². The van der Waals surface area contributed by atoms with E-state index in [1.54, 1.807) is 0 Å². The predicted molar refractivity (Wildman–Crippen MR) is 71.1 cm³/mol. The molecule has 1 heteroatoms. The van der Waals surface area contributed by atoms with Gasteiger partial charge in [0.1, 0.15) is 0 Å². The maximum Gasteiger partial charge on any atom is 0.0404 e. The number of hydrogen-bond acceptors (Lipinski definition) is 1. The first-order valence-corrected chi connectivity index (χ1v) is 6.66. The molecule has 1 aliphatic rings. The Morgan fingerprint density at radius 3 is 2.62 bits per heavy atom. The van der Waals surface area contributed by atoms with E-state index in [9.17, 15) is 0 Å². The zero-order valence-corrected chi connectivity index (χ0v) is 10.6. The van der Waals surface area contributed by atoms with Crippen molar-refractivity contribution < 1.29 is 0 Å². The minimum atomic E-state index is 0.708. The van der Waals surface area contributed by atoms with E-state index < -0.39 is 0 Å². The molecule has 0 unspecified atom stereocenters. The molecule has 1 aromatic carbocycles. The van der Waals surface area contributed by atoms with Gasteiger partial charge < -0.3 is 5.32 Å². The van der Waals surface area contributed by atoms with Gasteiger partial charge in [-0.1, -0.05) is 44.4 Å². The van der Waals surface area contributed by atoms with Gasteiger partial charge in [-0.2, -0.15) is 0 Å². The van der Waals surface area contributed by atoms with Crippen LogP contribution in [0.4, 0.5) is 5.69 Å². The molecular weight excluding hydrogens is 194 g/mol. The minimum absolute atomic E-state index is 0.708. The van der Waals surface area contributed by atoms with E-state index in [2.05, 4.69) is 37.4 Å². The topological polar surface area (TPSA) is 12.0 Å². The van der Waals surface area contributed by atoms with Crippen LogP contribution in [0.25, 0.3) is 0 Å². The van der Waals surface area contributed by atoms with Gasteiger partial charge in [0.2, 0.25) is 0 Å². The van der Waals surface area contributed by atoms with Crippen molar-refractivity contribution in [3.05, 3.63) is 29.3 Å². The molecule has 0 saturated heterocycles. The standard InChI is InChI=1S/C15H23N/c1-3-13-9-7-8-12(2)15(13)16-14-10-5-4-6-11-14/h7-9,14,16H,3-6,10-11H2,1-2H3. The normalized spacial score (nSPS) is 17.4. The smallest absolute Gasteiger partial charge is 0.0404 e. The lowest BCUT2D eigenvalue weighted by Gasteiger charge is -2.26. The van der Waals surface area contributed by atoms with E-state index in [1.165, 1.54) is 48.9 Å². The zero-order chi connectivity index (χ0) is 11.4. The molecule has 1 N–H and O–H groups in total. The fraction of sp³-hybridized carbons (Fsp3) is 0.600. The van der Waals surface area contributed by atoms with Gasteiger partial charge in [-0.3, -0.25) is 0 Å². The minimum Gasteiger partial charge on any atom is -0.382 e. The van der Waals surface area contributed by atoms with Gasteiger partial charge in [0, 0.05) is 11.7 Å². The van der Waals surface area contributed by atoms with Crippen molar-refractivity contribution in [2.24, 2.45) is 0 Å². The lowest BCUT2D eigenvalue weighted by atomic mass is 9.94. The molecule has 0 amide bonds. The average molecular weight is 217 g/mol. The first-order valence-electron chi connectivity index (χ1n) is 6.66. The summed E-state index contributed by atoms with van der Waals surface area (Å²) in [6, 6.07) is 7.34. The summed E-state index contributed by atoms with van der Waals surface area (Å²) in [6.07, 6.45) is 8.02. The molecule has 0 bridgehead atoms. The number of nitrogens with one attached hydrogen (secondary N) is 1. The highest BCUT2D eigenvalue weighted by atomic mass is 14.9. The summed E-state index contributed by atoms with van der Waals surface area (Å²) in [7, 11) is 0. The van der Waals surface area contributed by atoms with Crippen molar-refractivity contribution in [2.45, 2.75) is 58.4 Å². The third kappa shape index (κ3) is 2.58. The van der Waals surface area contributed by atoms with Crippen LogP contribution < -0.4 is 5.32 Å². The van der Waals surface area contributed by atoms with Crippen molar-refractivity contribution in [2.75, 3.05) is 5.32 Å². The first kappa shape index (κ1) is 11.5. The Hall–Kier alpha value is -0.980. The van der Waals surface area contributed by atoms with Crippen LogP contribution in [-0.4, -0.2) is 6.04 Å². The fourth-order valence-electron chi connectivity index (χ4n) is 2.68. The average Bonchev–Trinajstić information content (AvgIpc) is 2.33. The summed E-state index contributed by atoms with van der Waals surface area (Å²) in [5.74, 6) is 0. The van der Waals surface area contributed by atoms with Crippen LogP contribution in [0.2, 0.25) is 0 Å². The lowest BCUT2D eigenvalue weighted by Crippen LogP contribution is -2.23. The molecule has 0 atom stereocenters. The zero-order valence-electron chi connectivity index (χ0n) is 10.6. The van der Waals surface area contributed by atoms with Crippen LogP contribution in [0.3, 0.4) is 0 Å². The van der Waals surface area contributed by atoms with Gasteiger partial charge in [0.05, 0.1) is 0 Å². The highest BCUT2D eigenvalue weighted by Gasteiger charge is 2.14. The summed E-state index contributed by atoms with van der Waals surface area (Å²) >= 11 is 0. The molecule has 2 rings (SSSR count). The second-order valence-electron chi connectivity index (χ2n) is 4.94. The van der Waals surface area contributed by atoms with Gasteiger partial charge in [-0.05, 0) is 37.3 Å². The van der Waals surface area contributed by atoms with Gasteiger partial charge in [0.15, 0.2) is 0 Å². The van der Waals surface area contributed by atoms with E-state index in [0.29, 0.717) is 6.04 Å². The molecule has 0 aliphatic heterocycles. The Labute approximate surface area is 99.3 Å². The van der Waals surface area contributed by atoms with Crippen LogP contribution in [-0.2, 0) is 6.42 Å². The summed E-state index contributed by atoms with van der Waals surface area (Å²) in [5.41, 5.74) is 4.26. The van der Waals surface area contributed by atoms with E-state index >= 15 is 0 Å². The van der Waals surface area contributed by atoms with Gasteiger partial charge in [-0.15, -0.1) is 0 Å².